The van der Waals surface area contributed by atoms with Crippen LogP contribution in [0.4, 0.5) is 15.3 Å². The van der Waals surface area contributed by atoms with Gasteiger partial charge in [0.25, 0.3) is 0 Å². The largest absolute Gasteiger partial charge is 0.444 e. The van der Waals surface area contributed by atoms with Gasteiger partial charge in [0.15, 0.2) is 0 Å². The van der Waals surface area contributed by atoms with E-state index in [1.54, 1.807) is 10.9 Å². The quantitative estimate of drug-likeness (QED) is 0.533. The number of anilines is 1. The number of benzene rings is 2. The van der Waals surface area contributed by atoms with Crippen LogP contribution in [-0.2, 0) is 11.2 Å². The Morgan fingerprint density at radius 2 is 1.72 bits per heavy atom. The van der Waals surface area contributed by atoms with Gasteiger partial charge in [0.05, 0.1) is 11.2 Å². The van der Waals surface area contributed by atoms with Crippen LogP contribution in [0.15, 0.2) is 54.9 Å². The molecule has 0 aliphatic carbocycles. The van der Waals surface area contributed by atoms with Crippen molar-refractivity contribution in [2.45, 2.75) is 39.2 Å². The molecule has 2 aromatic carbocycles. The van der Waals surface area contributed by atoms with E-state index in [-0.39, 0.29) is 12.1 Å². The molecular formula is C28H35N5O3. The van der Waals surface area contributed by atoms with E-state index < -0.39 is 5.60 Å². The fourth-order valence-electron chi connectivity index (χ4n) is 5.32. The normalized spacial score (nSPS) is 19.5. The highest BCUT2D eigenvalue weighted by atomic mass is 16.6. The summed E-state index contributed by atoms with van der Waals surface area (Å²) in [6.45, 7) is 9.45. The summed E-state index contributed by atoms with van der Waals surface area (Å²) in [6, 6.07) is 16.1. The van der Waals surface area contributed by atoms with Crippen LogP contribution in [0.25, 0.3) is 11.0 Å². The number of carbonyl (C=O) groups excluding carboxylic acids is 2. The number of nitrogens with zero attached hydrogens (tertiary/aromatic N) is 4. The van der Waals surface area contributed by atoms with E-state index >= 15 is 0 Å². The van der Waals surface area contributed by atoms with E-state index in [0.29, 0.717) is 31.5 Å². The zero-order valence-electron chi connectivity index (χ0n) is 21.3. The average Bonchev–Trinajstić information content (AvgIpc) is 3.54. The van der Waals surface area contributed by atoms with Gasteiger partial charge < -0.3 is 19.9 Å². The second kappa shape index (κ2) is 9.84. The zero-order chi connectivity index (χ0) is 25.3. The molecule has 1 N–H and O–H groups in total. The Labute approximate surface area is 212 Å². The first-order valence-electron chi connectivity index (χ1n) is 12.8. The molecule has 0 saturated carbocycles. The first kappa shape index (κ1) is 24.2. The van der Waals surface area contributed by atoms with Crippen molar-refractivity contribution in [3.05, 3.63) is 60.4 Å². The van der Waals surface area contributed by atoms with Crippen LogP contribution >= 0.6 is 0 Å². The molecule has 0 radical (unpaired) electrons. The molecule has 2 amide bonds. The average molecular weight is 490 g/mol. The number of para-hydroxylation sites is 1. The Hall–Kier alpha value is -3.55. The second-order valence-corrected chi connectivity index (χ2v) is 10.9. The number of hydrogen-bond acceptors (Lipinski definition) is 5. The van der Waals surface area contributed by atoms with Gasteiger partial charge in [-0.1, -0.05) is 36.4 Å². The molecule has 3 heterocycles. The molecular weight excluding hydrogens is 454 g/mol. The number of nitrogens with one attached hydrogen (secondary N) is 1. The summed E-state index contributed by atoms with van der Waals surface area (Å²) in [7, 11) is 0. The summed E-state index contributed by atoms with van der Waals surface area (Å²) in [6.07, 6.45) is 3.20. The van der Waals surface area contributed by atoms with Gasteiger partial charge in [-0.15, -0.1) is 0 Å². The van der Waals surface area contributed by atoms with Gasteiger partial charge in [-0.25, -0.2) is 14.6 Å². The van der Waals surface area contributed by atoms with Crippen LogP contribution in [0, 0.1) is 11.8 Å². The molecule has 36 heavy (non-hydrogen) atoms. The first-order valence-corrected chi connectivity index (χ1v) is 12.8. The van der Waals surface area contributed by atoms with Gasteiger partial charge in [0.2, 0.25) is 0 Å². The lowest BCUT2D eigenvalue weighted by atomic mass is 10.0. The van der Waals surface area contributed by atoms with E-state index in [4.69, 9.17) is 4.74 Å². The Balaban J connectivity index is 1.20. The molecule has 2 saturated heterocycles. The van der Waals surface area contributed by atoms with Crippen LogP contribution in [0.5, 0.6) is 0 Å². The summed E-state index contributed by atoms with van der Waals surface area (Å²) in [5.74, 6) is 0.811. The Morgan fingerprint density at radius 3 is 2.42 bits per heavy atom. The van der Waals surface area contributed by atoms with Crippen molar-refractivity contribution in [2.75, 3.05) is 37.6 Å². The van der Waals surface area contributed by atoms with E-state index in [2.05, 4.69) is 33.4 Å². The standard InChI is InChI=1S/C28H35N5O3/c1-28(2,3)36-27(35)32-17-21-15-31(16-22(21)18-32)23-12-7-13-24-25(23)30-19-33(24)26(34)29-14-8-11-20-9-5-4-6-10-20/h4-7,9-10,12-13,19,21-22H,8,11,14-18H2,1-3H3,(H,29,34). The molecule has 2 fully saturated rings. The highest BCUT2D eigenvalue weighted by molar-refractivity contribution is 5.95. The van der Waals surface area contributed by atoms with Gasteiger partial charge in [0, 0.05) is 44.6 Å². The maximum Gasteiger partial charge on any atom is 0.410 e. The lowest BCUT2D eigenvalue weighted by molar-refractivity contribution is 0.0282. The van der Waals surface area contributed by atoms with E-state index in [1.807, 2.05) is 56.0 Å². The monoisotopic (exact) mass is 489 g/mol. The number of fused-ring (bicyclic) bond motifs is 2. The molecule has 2 aliphatic heterocycles. The van der Waals surface area contributed by atoms with Gasteiger partial charge in [-0.05, 0) is 51.3 Å². The lowest BCUT2D eigenvalue weighted by Gasteiger charge is -2.26. The maximum atomic E-state index is 12.9. The predicted octanol–water partition coefficient (Wildman–Crippen LogP) is 4.53. The molecule has 0 spiro atoms. The molecule has 5 rings (SSSR count). The number of amides is 2. The molecule has 2 unspecified atom stereocenters. The molecule has 1 aromatic heterocycles. The topological polar surface area (TPSA) is 79.7 Å². The Kier molecular flexibility index (Phi) is 6.60. The van der Waals surface area contributed by atoms with Crippen molar-refractivity contribution in [1.82, 2.24) is 19.8 Å². The number of ether oxygens (including phenoxy) is 1. The summed E-state index contributed by atoms with van der Waals surface area (Å²) in [4.78, 5) is 34.2. The number of aromatic nitrogens is 2. The van der Waals surface area contributed by atoms with Crippen LogP contribution in [-0.4, -0.2) is 64.9 Å². The fraction of sp³-hybridized carbons (Fsp3) is 0.464. The second-order valence-electron chi connectivity index (χ2n) is 10.9. The number of hydrogen-bond donors (Lipinski definition) is 1. The van der Waals surface area contributed by atoms with Crippen LogP contribution in [0.1, 0.15) is 32.8 Å². The van der Waals surface area contributed by atoms with Gasteiger partial charge >= 0.3 is 12.1 Å². The zero-order valence-corrected chi connectivity index (χ0v) is 21.3. The minimum absolute atomic E-state index is 0.158. The predicted molar refractivity (Wildman–Crippen MR) is 140 cm³/mol. The van der Waals surface area contributed by atoms with E-state index in [1.165, 1.54) is 5.56 Å². The minimum atomic E-state index is -0.483. The fourth-order valence-corrected chi connectivity index (χ4v) is 5.32. The van der Waals surface area contributed by atoms with Crippen molar-refractivity contribution in [3.8, 4) is 0 Å². The number of aryl methyl sites for hydroxylation is 1. The smallest absolute Gasteiger partial charge is 0.410 e. The lowest BCUT2D eigenvalue weighted by Crippen LogP contribution is -2.37. The van der Waals surface area contributed by atoms with E-state index in [0.717, 1.165) is 42.7 Å². The molecule has 0 bridgehead atoms. The van der Waals surface area contributed by atoms with Crippen LogP contribution in [0.3, 0.4) is 0 Å². The minimum Gasteiger partial charge on any atom is -0.444 e. The number of rotatable bonds is 5. The van der Waals surface area contributed by atoms with Crippen molar-refractivity contribution in [2.24, 2.45) is 11.8 Å². The third-order valence-corrected chi connectivity index (χ3v) is 7.01. The van der Waals surface area contributed by atoms with Crippen LogP contribution < -0.4 is 10.2 Å². The highest BCUT2D eigenvalue weighted by Crippen LogP contribution is 2.37. The SMILES string of the molecule is CC(C)(C)OC(=O)N1CC2CN(c3cccc4c3ncn4C(=O)NCCCc3ccccc3)CC2C1. The summed E-state index contributed by atoms with van der Waals surface area (Å²) in [5.41, 5.74) is 3.47. The number of imidazole rings is 1. The Morgan fingerprint density at radius 1 is 1.00 bits per heavy atom. The Bertz CT molecular complexity index is 1220. The molecule has 190 valence electrons. The number of likely N-dealkylation sites (tertiary alicyclic amines) is 1. The first-order chi connectivity index (χ1) is 17.3. The summed E-state index contributed by atoms with van der Waals surface area (Å²) >= 11 is 0. The van der Waals surface area contributed by atoms with E-state index in [9.17, 15) is 9.59 Å². The van der Waals surface area contributed by atoms with Crippen molar-refractivity contribution in [3.63, 3.8) is 0 Å². The van der Waals surface area contributed by atoms with Crippen LogP contribution in [0.2, 0.25) is 0 Å². The van der Waals surface area contributed by atoms with Gasteiger partial charge in [-0.2, -0.15) is 0 Å². The third kappa shape index (κ3) is 5.17. The third-order valence-electron chi connectivity index (χ3n) is 7.01. The number of carbonyl (C=O) groups is 2. The molecule has 3 aromatic rings. The molecule has 8 heteroatoms. The van der Waals surface area contributed by atoms with Crippen molar-refractivity contribution in [1.29, 1.82) is 0 Å². The van der Waals surface area contributed by atoms with Gasteiger partial charge in [0.1, 0.15) is 17.4 Å². The van der Waals surface area contributed by atoms with Crippen molar-refractivity contribution < 1.29 is 14.3 Å². The summed E-state index contributed by atoms with van der Waals surface area (Å²) in [5, 5.41) is 3.02. The maximum absolute atomic E-state index is 12.9. The summed E-state index contributed by atoms with van der Waals surface area (Å²) < 4.78 is 7.16. The molecule has 2 aliphatic rings. The molecule has 2 atom stereocenters. The van der Waals surface area contributed by atoms with Crippen molar-refractivity contribution >= 4 is 28.8 Å². The van der Waals surface area contributed by atoms with Gasteiger partial charge in [-0.3, -0.25) is 4.57 Å². The molecule has 8 nitrogen and oxygen atoms in total. The highest BCUT2D eigenvalue weighted by Gasteiger charge is 2.43.